The van der Waals surface area contributed by atoms with Crippen LogP contribution in [0.4, 0.5) is 17.1 Å². The summed E-state index contributed by atoms with van der Waals surface area (Å²) in [4.78, 5) is 13.1. The maximum Gasteiger partial charge on any atom is 0.292 e. The molecule has 1 saturated heterocycles. The molecule has 0 amide bonds. The molecule has 122 valence electrons. The van der Waals surface area contributed by atoms with Crippen molar-refractivity contribution >= 4 is 17.1 Å². The Kier molecular flexibility index (Phi) is 4.87. The average Bonchev–Trinajstić information content (AvgIpc) is 3.02. The number of rotatable bonds is 6. The summed E-state index contributed by atoms with van der Waals surface area (Å²) in [5.74, 6) is 0. The van der Waals surface area contributed by atoms with Gasteiger partial charge in [-0.3, -0.25) is 14.8 Å². The second kappa shape index (κ2) is 7.23. The second-order valence-corrected chi connectivity index (χ2v) is 5.79. The normalized spacial score (nSPS) is 15.5. The molecule has 0 aliphatic carbocycles. The van der Waals surface area contributed by atoms with Crippen molar-refractivity contribution in [1.29, 1.82) is 0 Å². The van der Waals surface area contributed by atoms with Crippen molar-refractivity contribution < 1.29 is 4.92 Å². The van der Waals surface area contributed by atoms with E-state index >= 15 is 0 Å². The van der Waals surface area contributed by atoms with Crippen molar-refractivity contribution in [3.8, 4) is 0 Å². The molecule has 1 aliphatic rings. The van der Waals surface area contributed by atoms with Gasteiger partial charge < -0.3 is 10.2 Å². The van der Waals surface area contributed by atoms with E-state index in [0.717, 1.165) is 18.8 Å². The molecule has 23 heavy (non-hydrogen) atoms. The smallest absolute Gasteiger partial charge is 0.292 e. The van der Waals surface area contributed by atoms with Crippen molar-refractivity contribution in [1.82, 2.24) is 14.7 Å². The lowest BCUT2D eigenvalue weighted by atomic mass is 10.1. The Bertz CT molecular complexity index is 664. The van der Waals surface area contributed by atoms with Crippen LogP contribution in [0.5, 0.6) is 0 Å². The van der Waals surface area contributed by atoms with Crippen molar-refractivity contribution in [2.75, 3.05) is 25.0 Å². The van der Waals surface area contributed by atoms with Crippen LogP contribution in [0, 0.1) is 10.1 Å². The molecule has 0 spiro atoms. The van der Waals surface area contributed by atoms with Gasteiger partial charge in [0.25, 0.3) is 5.69 Å². The summed E-state index contributed by atoms with van der Waals surface area (Å²) in [6, 6.07) is 6.62. The minimum atomic E-state index is -0.386. The number of piperidine rings is 1. The molecule has 0 radical (unpaired) electrons. The number of likely N-dealkylation sites (tertiary alicyclic amines) is 1. The standard InChI is InChI=1S/C16H21N5O2/c22-21(23)16-7-3-2-6-15(16)18-14-12-17-20(13-14)11-10-19-8-4-1-5-9-19/h2-3,6-7,12-13,18H,1,4-5,8-11H2. The highest BCUT2D eigenvalue weighted by molar-refractivity contribution is 5.68. The van der Waals surface area contributed by atoms with Crippen LogP contribution in [0.2, 0.25) is 0 Å². The third-order valence-electron chi connectivity index (χ3n) is 4.11. The van der Waals surface area contributed by atoms with E-state index in [1.54, 1.807) is 24.4 Å². The fourth-order valence-corrected chi connectivity index (χ4v) is 2.87. The lowest BCUT2D eigenvalue weighted by Crippen LogP contribution is -2.32. The predicted octanol–water partition coefficient (Wildman–Crippen LogP) is 3.02. The fourth-order valence-electron chi connectivity index (χ4n) is 2.87. The van der Waals surface area contributed by atoms with Crippen LogP contribution in [-0.2, 0) is 6.54 Å². The molecule has 1 fully saturated rings. The zero-order chi connectivity index (χ0) is 16.1. The minimum Gasteiger partial charge on any atom is -0.347 e. The van der Waals surface area contributed by atoms with Gasteiger partial charge in [0, 0.05) is 18.8 Å². The molecule has 2 heterocycles. The molecular weight excluding hydrogens is 294 g/mol. The summed E-state index contributed by atoms with van der Waals surface area (Å²) in [7, 11) is 0. The third kappa shape index (κ3) is 4.07. The Morgan fingerprint density at radius 1 is 1.17 bits per heavy atom. The van der Waals surface area contributed by atoms with E-state index < -0.39 is 0 Å². The van der Waals surface area contributed by atoms with E-state index in [2.05, 4.69) is 15.3 Å². The van der Waals surface area contributed by atoms with E-state index in [1.807, 2.05) is 10.9 Å². The summed E-state index contributed by atoms with van der Waals surface area (Å²) in [5.41, 5.74) is 1.31. The number of anilines is 2. The lowest BCUT2D eigenvalue weighted by Gasteiger charge is -2.26. The van der Waals surface area contributed by atoms with E-state index in [4.69, 9.17) is 0 Å². The van der Waals surface area contributed by atoms with Gasteiger partial charge in [-0.1, -0.05) is 18.6 Å². The van der Waals surface area contributed by atoms with Crippen molar-refractivity contribution in [2.24, 2.45) is 0 Å². The van der Waals surface area contributed by atoms with Crippen molar-refractivity contribution in [3.63, 3.8) is 0 Å². The third-order valence-corrected chi connectivity index (χ3v) is 4.11. The lowest BCUT2D eigenvalue weighted by molar-refractivity contribution is -0.383. The first-order valence-corrected chi connectivity index (χ1v) is 7.97. The van der Waals surface area contributed by atoms with Gasteiger partial charge in [-0.15, -0.1) is 0 Å². The van der Waals surface area contributed by atoms with Crippen LogP contribution >= 0.6 is 0 Å². The number of nitro groups is 1. The SMILES string of the molecule is O=[N+]([O-])c1ccccc1Nc1cnn(CCN2CCCCC2)c1. The van der Waals surface area contributed by atoms with Crippen LogP contribution in [-0.4, -0.2) is 39.2 Å². The Balaban J connectivity index is 1.60. The predicted molar refractivity (Wildman–Crippen MR) is 88.9 cm³/mol. The molecular formula is C16H21N5O2. The fraction of sp³-hybridized carbons (Fsp3) is 0.438. The topological polar surface area (TPSA) is 76.2 Å². The van der Waals surface area contributed by atoms with E-state index in [9.17, 15) is 10.1 Å². The van der Waals surface area contributed by atoms with Crippen LogP contribution in [0.25, 0.3) is 0 Å². The Hall–Kier alpha value is -2.41. The molecule has 1 aliphatic heterocycles. The van der Waals surface area contributed by atoms with Gasteiger partial charge in [0.05, 0.1) is 23.4 Å². The highest BCUT2D eigenvalue weighted by Crippen LogP contribution is 2.26. The Morgan fingerprint density at radius 3 is 2.74 bits per heavy atom. The van der Waals surface area contributed by atoms with Gasteiger partial charge in [-0.25, -0.2) is 0 Å². The first kappa shape index (κ1) is 15.5. The molecule has 1 aromatic heterocycles. The molecule has 7 nitrogen and oxygen atoms in total. The minimum absolute atomic E-state index is 0.0635. The number of aromatic nitrogens is 2. The maximum atomic E-state index is 11.0. The summed E-state index contributed by atoms with van der Waals surface area (Å²) in [6.07, 6.45) is 7.49. The van der Waals surface area contributed by atoms with Gasteiger partial charge in [0.2, 0.25) is 0 Å². The molecule has 1 N–H and O–H groups in total. The van der Waals surface area contributed by atoms with E-state index in [-0.39, 0.29) is 10.6 Å². The Morgan fingerprint density at radius 2 is 1.96 bits per heavy atom. The van der Waals surface area contributed by atoms with Gasteiger partial charge in [0.15, 0.2) is 0 Å². The van der Waals surface area contributed by atoms with Crippen LogP contribution in [0.1, 0.15) is 19.3 Å². The number of benzene rings is 1. The first-order chi connectivity index (χ1) is 11.2. The molecule has 0 atom stereocenters. The summed E-state index contributed by atoms with van der Waals surface area (Å²) < 4.78 is 1.88. The summed E-state index contributed by atoms with van der Waals surface area (Å²) in [6.45, 7) is 4.16. The number of nitro benzene ring substituents is 1. The molecule has 0 saturated carbocycles. The largest absolute Gasteiger partial charge is 0.347 e. The number of nitrogens with zero attached hydrogens (tertiary/aromatic N) is 4. The van der Waals surface area contributed by atoms with Gasteiger partial charge >= 0.3 is 0 Å². The number of para-hydroxylation sites is 2. The average molecular weight is 315 g/mol. The molecule has 0 bridgehead atoms. The monoisotopic (exact) mass is 315 g/mol. The summed E-state index contributed by atoms with van der Waals surface area (Å²) >= 11 is 0. The van der Waals surface area contributed by atoms with Crippen molar-refractivity contribution in [3.05, 3.63) is 46.8 Å². The zero-order valence-electron chi connectivity index (χ0n) is 13.0. The first-order valence-electron chi connectivity index (χ1n) is 7.97. The number of hydrogen-bond donors (Lipinski definition) is 1. The van der Waals surface area contributed by atoms with Gasteiger partial charge in [-0.05, 0) is 32.0 Å². The van der Waals surface area contributed by atoms with Gasteiger partial charge in [-0.2, -0.15) is 5.10 Å². The maximum absolute atomic E-state index is 11.0. The van der Waals surface area contributed by atoms with Gasteiger partial charge in [0.1, 0.15) is 5.69 Å². The quantitative estimate of drug-likeness (QED) is 0.655. The molecule has 0 unspecified atom stereocenters. The highest BCUT2D eigenvalue weighted by Gasteiger charge is 2.13. The molecule has 7 heteroatoms. The molecule has 3 rings (SSSR count). The second-order valence-electron chi connectivity index (χ2n) is 5.79. The zero-order valence-corrected chi connectivity index (χ0v) is 13.0. The van der Waals surface area contributed by atoms with E-state index in [0.29, 0.717) is 5.69 Å². The molecule has 1 aromatic carbocycles. The van der Waals surface area contributed by atoms with Crippen LogP contribution in [0.15, 0.2) is 36.7 Å². The van der Waals surface area contributed by atoms with Crippen LogP contribution < -0.4 is 5.32 Å². The van der Waals surface area contributed by atoms with Crippen molar-refractivity contribution in [2.45, 2.75) is 25.8 Å². The number of hydrogen-bond acceptors (Lipinski definition) is 5. The summed E-state index contributed by atoms with van der Waals surface area (Å²) in [5, 5.41) is 18.4. The molecule has 2 aromatic rings. The Labute approximate surface area is 135 Å². The highest BCUT2D eigenvalue weighted by atomic mass is 16.6. The van der Waals surface area contributed by atoms with Crippen LogP contribution in [0.3, 0.4) is 0 Å². The number of nitrogens with one attached hydrogen (secondary N) is 1. The van der Waals surface area contributed by atoms with E-state index in [1.165, 1.54) is 38.4 Å².